The molecule has 0 aliphatic carbocycles. The number of ether oxygens (including phenoxy) is 10. The van der Waals surface area contributed by atoms with Crippen molar-refractivity contribution < 1.29 is 99.4 Å². The molecule has 0 spiro atoms. The molecule has 36 nitrogen and oxygen atoms in total. The van der Waals surface area contributed by atoms with E-state index in [-0.39, 0.29) is 34.5 Å². The van der Waals surface area contributed by atoms with Crippen LogP contribution in [0.5, 0.6) is 51.7 Å². The van der Waals surface area contributed by atoms with Crippen LogP contribution in [-0.4, -0.2) is 209 Å². The van der Waals surface area contributed by atoms with E-state index < -0.39 is 83.9 Å². The number of fused-ring (bicyclic) bond motifs is 6. The molecule has 13 heterocycles. The predicted octanol–water partition coefficient (Wildman–Crippen LogP) is 19.0. The average molecular weight is 2170 g/mol. The lowest BCUT2D eigenvalue weighted by Gasteiger charge is -2.13. The fourth-order valence-corrected chi connectivity index (χ4v) is 21.5. The normalized spacial score (nSPS) is 12.3. The highest BCUT2D eigenvalue weighted by atomic mass is 32.2. The van der Waals surface area contributed by atoms with Crippen molar-refractivity contribution in [2.75, 3.05) is 76.7 Å². The van der Waals surface area contributed by atoms with Gasteiger partial charge in [0.05, 0.1) is 256 Å². The molecule has 6 atom stereocenters. The Kier molecular flexibility index (Phi) is 39.6. The second-order valence-electron chi connectivity index (χ2n) is 32.6. The van der Waals surface area contributed by atoms with Crippen molar-refractivity contribution in [1.29, 1.82) is 0 Å². The minimum atomic E-state index is -4.42. The molecule has 786 valence electrons. The Morgan fingerprint density at radius 1 is 0.327 bits per heavy atom. The zero-order chi connectivity index (χ0) is 107. The molecule has 0 saturated heterocycles. The third-order valence-electron chi connectivity index (χ3n) is 22.7. The van der Waals surface area contributed by atoms with Gasteiger partial charge >= 0.3 is 12.5 Å². The second kappa shape index (κ2) is 53.0. The van der Waals surface area contributed by atoms with Gasteiger partial charge in [0.1, 0.15) is 40.2 Å². The Morgan fingerprint density at radius 2 is 0.640 bits per heavy atom. The number of aromatic amines is 6. The molecule has 6 aromatic carbocycles. The van der Waals surface area contributed by atoms with Gasteiger partial charge in [-0.1, -0.05) is 36.4 Å². The number of rotatable bonds is 33. The van der Waals surface area contributed by atoms with Crippen molar-refractivity contribution in [2.45, 2.75) is 127 Å². The number of alkyl halides is 3. The molecule has 19 aromatic rings. The van der Waals surface area contributed by atoms with Crippen LogP contribution in [0.3, 0.4) is 0 Å². The van der Waals surface area contributed by atoms with E-state index in [2.05, 4.69) is 89.7 Å². The van der Waals surface area contributed by atoms with E-state index in [1.165, 1.54) is 19.4 Å². The van der Waals surface area contributed by atoms with Crippen molar-refractivity contribution >= 4 is 137 Å². The number of methoxy groups -OCH3 is 8. The Bertz CT molecular complexity index is 7810. The first-order valence-corrected chi connectivity index (χ1v) is 53.5. The molecule has 0 amide bonds. The summed E-state index contributed by atoms with van der Waals surface area (Å²) in [4.78, 5) is 78.8. The SMILES string of the molecule is COCCCOc1ccnc(CS(=O)c2nc3ccccc3[nH]2)c1C.COc1ccc2nc(S(=O)Cc3ncc(C)c(OC)c3C)[nH]c2c1.COc1ccc2nc(S(=O)Cc3ncc(C)c(OC)c3C)[nH]c2c1.COc1ccnc(CS(=O)c2nc3ccc(-n4cccc4)cc3[nH]2)c1C.COc1ccnc(CS(=O)c2nc3ccccc3[nH]2)c1OC.Cc1c(OCC(F)(F)F)ccnc1CS(=O)c1nc2ccccc2[nH]1.O=C(F)F. The Balaban J connectivity index is 0.000000149. The van der Waals surface area contributed by atoms with Crippen molar-refractivity contribution in [3.8, 4) is 57.4 Å². The second-order valence-corrected chi connectivity index (χ2v) is 40.8. The number of nitrogens with zero attached hydrogens (tertiary/aromatic N) is 13. The number of pyridine rings is 6. The van der Waals surface area contributed by atoms with E-state index in [0.717, 1.165) is 163 Å². The van der Waals surface area contributed by atoms with Gasteiger partial charge in [0.25, 0.3) is 0 Å². The maximum absolute atomic E-state index is 12.8. The number of benzene rings is 6. The lowest BCUT2D eigenvalue weighted by atomic mass is 10.1. The maximum Gasteiger partial charge on any atom is 0.483 e. The number of aryl methyl sites for hydroxylation is 2. The number of nitrogens with one attached hydrogen (secondary N) is 6. The lowest BCUT2D eigenvalue weighted by molar-refractivity contribution is -0.153. The molecule has 6 unspecified atom stereocenters. The molecule has 47 heteroatoms. The predicted molar refractivity (Wildman–Crippen MR) is 562 cm³/mol. The average Bonchev–Trinajstić information content (AvgIpc) is 1.66. The molecule has 0 aliphatic rings. The van der Waals surface area contributed by atoms with E-state index in [0.29, 0.717) is 83.9 Å². The van der Waals surface area contributed by atoms with Crippen LogP contribution in [0.15, 0.2) is 244 Å². The van der Waals surface area contributed by atoms with Crippen LogP contribution >= 0.6 is 0 Å². The van der Waals surface area contributed by atoms with Crippen molar-refractivity contribution in [1.82, 2.24) is 94.3 Å². The molecule has 0 fully saturated rings. The Labute approximate surface area is 872 Å². The summed E-state index contributed by atoms with van der Waals surface area (Å²) < 4.78 is 187. The number of imidazole rings is 6. The van der Waals surface area contributed by atoms with Gasteiger partial charge < -0.3 is 81.8 Å². The summed E-state index contributed by atoms with van der Waals surface area (Å²) in [5, 5.41) is 2.50. The number of carbonyl (C=O) groups excluding carboxylic acids is 1. The monoisotopic (exact) mass is 2170 g/mol. The molecule has 0 radical (unpaired) electrons. The van der Waals surface area contributed by atoms with Gasteiger partial charge in [-0.15, -0.1) is 8.78 Å². The summed E-state index contributed by atoms with van der Waals surface area (Å²) in [6.45, 7) is 13.0. The van der Waals surface area contributed by atoms with Crippen LogP contribution < -0.4 is 42.6 Å². The number of hydrogen-bond donors (Lipinski definition) is 6. The van der Waals surface area contributed by atoms with E-state index >= 15 is 0 Å². The first kappa shape index (κ1) is 112. The zero-order valence-corrected chi connectivity index (χ0v) is 88.8. The summed E-state index contributed by atoms with van der Waals surface area (Å²) in [7, 11) is 4.70. The van der Waals surface area contributed by atoms with E-state index in [4.69, 9.17) is 52.2 Å². The van der Waals surface area contributed by atoms with Crippen LogP contribution in [0.25, 0.3) is 71.9 Å². The minimum Gasteiger partial charge on any atom is -0.497 e. The fourth-order valence-electron chi connectivity index (χ4n) is 15.0. The van der Waals surface area contributed by atoms with Crippen LogP contribution in [0.4, 0.5) is 26.7 Å². The van der Waals surface area contributed by atoms with E-state index in [1.54, 1.807) is 106 Å². The fraction of sp³-hybridized carbons (Fsp3) is 0.252. The first-order chi connectivity index (χ1) is 72.2. The highest BCUT2D eigenvalue weighted by Gasteiger charge is 2.30. The highest BCUT2D eigenvalue weighted by Crippen LogP contribution is 2.35. The zero-order valence-electron chi connectivity index (χ0n) is 83.9. The topological polar surface area (TPSA) is 466 Å². The van der Waals surface area contributed by atoms with Gasteiger partial charge in [-0.3, -0.25) is 55.2 Å². The molecule has 19 rings (SSSR count). The summed E-state index contributed by atoms with van der Waals surface area (Å²) in [5.74, 6) is 7.01. The minimum absolute atomic E-state index is 0.0227. The molecule has 0 aliphatic heterocycles. The van der Waals surface area contributed by atoms with E-state index in [1.807, 2.05) is 198 Å². The third kappa shape index (κ3) is 29.4. The molecular formula is C103H106F5N19O17S6. The summed E-state index contributed by atoms with van der Waals surface area (Å²) in [6.07, 6.45) is 7.29. The van der Waals surface area contributed by atoms with Crippen LogP contribution in [0.1, 0.15) is 79.5 Å². The van der Waals surface area contributed by atoms with Crippen LogP contribution in [0, 0.1) is 48.5 Å². The molecule has 6 N–H and O–H groups in total. The van der Waals surface area contributed by atoms with Crippen LogP contribution in [0.2, 0.25) is 0 Å². The molecule has 0 saturated carbocycles. The number of aromatic nitrogens is 19. The quantitative estimate of drug-likeness (QED) is 0.0126. The van der Waals surface area contributed by atoms with Gasteiger partial charge in [-0.2, -0.15) is 13.2 Å². The molecule has 0 bridgehead atoms. The Morgan fingerprint density at radius 3 is 0.993 bits per heavy atom. The smallest absolute Gasteiger partial charge is 0.483 e. The number of carbonyl (C=O) groups is 1. The summed E-state index contributed by atoms with van der Waals surface area (Å²) in [6, 6.07) is 50.0. The van der Waals surface area contributed by atoms with Gasteiger partial charge in [0.15, 0.2) is 49.0 Å². The van der Waals surface area contributed by atoms with Crippen LogP contribution in [-0.2, 0) is 104 Å². The number of para-hydroxylation sites is 6. The van der Waals surface area contributed by atoms with Crippen molar-refractivity contribution in [2.24, 2.45) is 0 Å². The molecule has 150 heavy (non-hydrogen) atoms. The van der Waals surface area contributed by atoms with Gasteiger partial charge in [-0.25, -0.2) is 34.7 Å². The van der Waals surface area contributed by atoms with E-state index in [9.17, 15) is 47.2 Å². The first-order valence-electron chi connectivity index (χ1n) is 45.6. The standard InChI is InChI=1S/C19H18N4O2S.C18H21N3O3S.2C17H19N3O3S.C16H14F3N3O2S.C15H15N3O3S.CF2O/c1-13-17(20-8-7-18(13)25-2)12-26(24)19-21-15-6-5-14(11-16(15)22-19)23-9-3-4-10-23;1-13-16(19-9-8-17(13)24-11-5-10-23-2)12-25(22)18-20-14-6-3-4-7-15(14)21-18;2*1-10-8-18-15(11(2)16(10)23-4)9-24(21)17-19-13-6-5-12(22-3)7-14(13)20-17;1-10-13(20-7-6-14(10)24-9-16(17,18)19)8-25(23)15-21-11-4-2-3-5-12(11)22-15;1-20-13-7-8-16-12(14(13)21-2)9-22(19)15-17-10-5-3-4-6-11(10)18-15;2-1(3)4/h3-11H,12H2,1-2H3,(H,21,22);3-4,6-9H,5,10-12H2,1-2H3,(H,20,21);2*5-8H,9H2,1-4H3,(H,19,20);2-7H,8-9H2,1H3,(H,21,22);3-8H,9H2,1-2H3,(H,17,18);. The maximum atomic E-state index is 12.8. The van der Waals surface area contributed by atoms with Gasteiger partial charge in [-0.05, 0) is 158 Å². The number of hydrogen-bond acceptors (Lipinski definition) is 29. The Hall–Kier alpha value is -15.3. The summed E-state index contributed by atoms with van der Waals surface area (Å²) in [5.41, 5.74) is 20.5. The lowest BCUT2D eigenvalue weighted by Crippen LogP contribution is -2.19. The summed E-state index contributed by atoms with van der Waals surface area (Å²) >= 11 is 0. The molecular weight excluding hydrogens is 2060 g/mol. The van der Waals surface area contributed by atoms with Crippen molar-refractivity contribution in [3.05, 3.63) is 286 Å². The van der Waals surface area contributed by atoms with Gasteiger partial charge in [0.2, 0.25) is 0 Å². The largest absolute Gasteiger partial charge is 0.497 e. The van der Waals surface area contributed by atoms with Crippen molar-refractivity contribution in [3.63, 3.8) is 0 Å². The highest BCUT2D eigenvalue weighted by molar-refractivity contribution is 7.85. The van der Waals surface area contributed by atoms with Gasteiger partial charge in [0, 0.05) is 133 Å². The third-order valence-corrected chi connectivity index (χ3v) is 29.7. The number of H-pyrrole nitrogens is 6. The molecule has 13 aromatic heterocycles. The number of halogens is 5.